The molecule has 0 atom stereocenters. The molecule has 130 valence electrons. The first-order valence-electron chi connectivity index (χ1n) is 8.28. The number of hydrogen-bond acceptors (Lipinski definition) is 7. The van der Waals surface area contributed by atoms with Crippen molar-refractivity contribution in [2.75, 3.05) is 12.8 Å². The van der Waals surface area contributed by atoms with Gasteiger partial charge in [-0.1, -0.05) is 0 Å². The standard InChI is InChI=1S/C17H19N5O3/c1-24-17(23)10-2-4-12(5-3-10)22-9-19-13-14(18)20-15(21-16(13)22)11-6-7-25-8-11/h6-10,12H,2-5H2,1H3,(H2,18,20,21)/t10-,12+. The number of carbonyl (C=O) groups excluding carboxylic acids is 1. The van der Waals surface area contributed by atoms with Gasteiger partial charge in [-0.15, -0.1) is 0 Å². The molecule has 0 bridgehead atoms. The minimum atomic E-state index is -0.122. The van der Waals surface area contributed by atoms with Gasteiger partial charge in [0.2, 0.25) is 0 Å². The molecule has 25 heavy (non-hydrogen) atoms. The van der Waals surface area contributed by atoms with E-state index in [0.717, 1.165) is 31.2 Å². The van der Waals surface area contributed by atoms with Crippen LogP contribution >= 0.6 is 0 Å². The monoisotopic (exact) mass is 341 g/mol. The van der Waals surface area contributed by atoms with Crippen molar-refractivity contribution in [1.29, 1.82) is 0 Å². The van der Waals surface area contributed by atoms with E-state index in [1.807, 2.05) is 4.57 Å². The summed E-state index contributed by atoms with van der Waals surface area (Å²) in [6.07, 6.45) is 8.26. The Morgan fingerprint density at radius 3 is 2.80 bits per heavy atom. The van der Waals surface area contributed by atoms with Crippen LogP contribution < -0.4 is 5.73 Å². The summed E-state index contributed by atoms with van der Waals surface area (Å²) in [5, 5.41) is 0. The number of anilines is 1. The van der Waals surface area contributed by atoms with Gasteiger partial charge in [0.15, 0.2) is 17.3 Å². The number of imidazole rings is 1. The van der Waals surface area contributed by atoms with Crippen molar-refractivity contribution in [3.63, 3.8) is 0 Å². The normalized spacial score (nSPS) is 20.7. The van der Waals surface area contributed by atoms with Crippen LogP contribution in [0, 0.1) is 5.92 Å². The third-order valence-electron chi connectivity index (χ3n) is 4.85. The predicted octanol–water partition coefficient (Wildman–Crippen LogP) is 2.57. The van der Waals surface area contributed by atoms with Crippen molar-refractivity contribution in [1.82, 2.24) is 19.5 Å². The summed E-state index contributed by atoms with van der Waals surface area (Å²) in [4.78, 5) is 25.0. The largest absolute Gasteiger partial charge is 0.472 e. The van der Waals surface area contributed by atoms with E-state index in [9.17, 15) is 4.79 Å². The lowest BCUT2D eigenvalue weighted by Crippen LogP contribution is -2.24. The Hall–Kier alpha value is -2.90. The highest BCUT2D eigenvalue weighted by Gasteiger charge is 2.29. The number of furan rings is 1. The maximum Gasteiger partial charge on any atom is 0.308 e. The first-order valence-corrected chi connectivity index (χ1v) is 8.28. The zero-order chi connectivity index (χ0) is 17.4. The van der Waals surface area contributed by atoms with Crippen LogP contribution in [0.25, 0.3) is 22.6 Å². The molecule has 0 aromatic carbocycles. The minimum Gasteiger partial charge on any atom is -0.472 e. The van der Waals surface area contributed by atoms with E-state index < -0.39 is 0 Å². The van der Waals surface area contributed by atoms with Gasteiger partial charge in [-0.25, -0.2) is 15.0 Å². The first-order chi connectivity index (χ1) is 12.2. The molecule has 1 aliphatic carbocycles. The van der Waals surface area contributed by atoms with Crippen molar-refractivity contribution in [2.45, 2.75) is 31.7 Å². The maximum absolute atomic E-state index is 11.7. The number of nitrogen functional groups attached to an aromatic ring is 1. The molecule has 0 radical (unpaired) electrons. The summed E-state index contributed by atoms with van der Waals surface area (Å²) in [7, 11) is 1.44. The van der Waals surface area contributed by atoms with Crippen molar-refractivity contribution in [2.24, 2.45) is 5.92 Å². The molecule has 1 aliphatic rings. The number of rotatable bonds is 3. The van der Waals surface area contributed by atoms with Crippen LogP contribution in [0.4, 0.5) is 5.82 Å². The molecule has 4 rings (SSSR count). The average Bonchev–Trinajstić information content (AvgIpc) is 3.31. The molecule has 8 nitrogen and oxygen atoms in total. The van der Waals surface area contributed by atoms with Gasteiger partial charge in [0.25, 0.3) is 0 Å². The highest BCUT2D eigenvalue weighted by molar-refractivity contribution is 5.83. The second-order valence-corrected chi connectivity index (χ2v) is 6.30. The number of aromatic nitrogens is 4. The number of nitrogens with zero attached hydrogens (tertiary/aromatic N) is 4. The Kier molecular flexibility index (Phi) is 3.87. The lowest BCUT2D eigenvalue weighted by atomic mass is 9.86. The fourth-order valence-corrected chi connectivity index (χ4v) is 3.48. The van der Waals surface area contributed by atoms with E-state index in [0.29, 0.717) is 22.8 Å². The first kappa shape index (κ1) is 15.6. The molecule has 0 aliphatic heterocycles. The van der Waals surface area contributed by atoms with Gasteiger partial charge in [0, 0.05) is 6.04 Å². The maximum atomic E-state index is 11.7. The van der Waals surface area contributed by atoms with E-state index in [4.69, 9.17) is 14.9 Å². The molecule has 3 aromatic rings. The van der Waals surface area contributed by atoms with Crippen molar-refractivity contribution in [3.05, 3.63) is 24.9 Å². The van der Waals surface area contributed by atoms with Crippen molar-refractivity contribution < 1.29 is 13.9 Å². The zero-order valence-corrected chi connectivity index (χ0v) is 13.9. The van der Waals surface area contributed by atoms with Crippen LogP contribution in [0.3, 0.4) is 0 Å². The Bertz CT molecular complexity index is 895. The SMILES string of the molecule is COC(=O)[C@H]1CC[C@@H](n2cnc3c(N)nc(-c4ccoc4)nc32)CC1. The molecule has 1 fully saturated rings. The Morgan fingerprint density at radius 1 is 1.32 bits per heavy atom. The van der Waals surface area contributed by atoms with Gasteiger partial charge in [0.05, 0.1) is 31.2 Å². The summed E-state index contributed by atoms with van der Waals surface area (Å²) in [5.41, 5.74) is 8.15. The summed E-state index contributed by atoms with van der Waals surface area (Å²) in [6, 6.07) is 2.03. The van der Waals surface area contributed by atoms with Crippen LogP contribution in [-0.2, 0) is 9.53 Å². The van der Waals surface area contributed by atoms with Crippen LogP contribution in [0.15, 0.2) is 29.3 Å². The molecule has 0 saturated heterocycles. The fourth-order valence-electron chi connectivity index (χ4n) is 3.48. The smallest absolute Gasteiger partial charge is 0.308 e. The Balaban J connectivity index is 1.66. The molecular weight excluding hydrogens is 322 g/mol. The van der Waals surface area contributed by atoms with Crippen LogP contribution in [0.2, 0.25) is 0 Å². The van der Waals surface area contributed by atoms with Gasteiger partial charge < -0.3 is 19.5 Å². The highest BCUT2D eigenvalue weighted by atomic mass is 16.5. The molecule has 3 heterocycles. The molecular formula is C17H19N5O3. The number of nitrogens with two attached hydrogens (primary N) is 1. The summed E-state index contributed by atoms with van der Waals surface area (Å²) in [5.74, 6) is 0.729. The third-order valence-corrected chi connectivity index (χ3v) is 4.85. The van der Waals surface area contributed by atoms with Gasteiger partial charge in [-0.05, 0) is 31.7 Å². The number of carbonyl (C=O) groups is 1. The molecule has 2 N–H and O–H groups in total. The second-order valence-electron chi connectivity index (χ2n) is 6.30. The van der Waals surface area contributed by atoms with E-state index in [1.165, 1.54) is 7.11 Å². The average molecular weight is 341 g/mol. The van der Waals surface area contributed by atoms with E-state index in [1.54, 1.807) is 24.9 Å². The van der Waals surface area contributed by atoms with Gasteiger partial charge in [0.1, 0.15) is 11.8 Å². The van der Waals surface area contributed by atoms with Crippen molar-refractivity contribution in [3.8, 4) is 11.4 Å². The van der Waals surface area contributed by atoms with Crippen LogP contribution in [-0.4, -0.2) is 32.6 Å². The zero-order valence-electron chi connectivity index (χ0n) is 13.9. The number of esters is 1. The summed E-state index contributed by atoms with van der Waals surface area (Å²) >= 11 is 0. The van der Waals surface area contributed by atoms with Gasteiger partial charge in [-0.3, -0.25) is 4.79 Å². The third kappa shape index (κ3) is 2.73. The molecule has 0 amide bonds. The van der Waals surface area contributed by atoms with Crippen LogP contribution in [0.5, 0.6) is 0 Å². The summed E-state index contributed by atoms with van der Waals surface area (Å²) in [6.45, 7) is 0. The van der Waals surface area contributed by atoms with E-state index >= 15 is 0 Å². The molecule has 0 unspecified atom stereocenters. The van der Waals surface area contributed by atoms with Gasteiger partial charge in [-0.2, -0.15) is 0 Å². The van der Waals surface area contributed by atoms with E-state index in [-0.39, 0.29) is 17.9 Å². The molecule has 3 aromatic heterocycles. The van der Waals surface area contributed by atoms with E-state index in [2.05, 4.69) is 15.0 Å². The number of hydrogen-bond donors (Lipinski definition) is 1. The second kappa shape index (κ2) is 6.19. The fraction of sp³-hybridized carbons (Fsp3) is 0.412. The number of ether oxygens (including phenoxy) is 1. The molecule has 8 heteroatoms. The number of methoxy groups -OCH3 is 1. The quantitative estimate of drug-likeness (QED) is 0.729. The van der Waals surface area contributed by atoms with Crippen molar-refractivity contribution >= 4 is 23.0 Å². The minimum absolute atomic E-state index is 0.0165. The lowest BCUT2D eigenvalue weighted by molar-refractivity contribution is -0.146. The molecule has 0 spiro atoms. The topological polar surface area (TPSA) is 109 Å². The highest BCUT2D eigenvalue weighted by Crippen LogP contribution is 2.35. The predicted molar refractivity (Wildman–Crippen MR) is 90.4 cm³/mol. The lowest BCUT2D eigenvalue weighted by Gasteiger charge is -2.27. The number of fused-ring (bicyclic) bond motifs is 1. The Morgan fingerprint density at radius 2 is 2.12 bits per heavy atom. The van der Waals surface area contributed by atoms with Gasteiger partial charge >= 0.3 is 5.97 Å². The van der Waals surface area contributed by atoms with Crippen LogP contribution in [0.1, 0.15) is 31.7 Å². The summed E-state index contributed by atoms with van der Waals surface area (Å²) < 4.78 is 12.0. The Labute approximate surface area is 144 Å². The molecule has 1 saturated carbocycles.